The number of amidine groups is 1. The van der Waals surface area contributed by atoms with Crippen molar-refractivity contribution in [1.29, 1.82) is 0 Å². The summed E-state index contributed by atoms with van der Waals surface area (Å²) in [5.74, 6) is 0.425. The number of aliphatic imine (C=N–C) groups is 1. The Morgan fingerprint density at radius 1 is 1.39 bits per heavy atom. The molecular formula is C12H17N3O2S. The fourth-order valence-corrected chi connectivity index (χ4v) is 3.05. The van der Waals surface area contributed by atoms with E-state index in [0.29, 0.717) is 22.8 Å². The predicted octanol–water partition coefficient (Wildman–Crippen LogP) is 0.852. The summed E-state index contributed by atoms with van der Waals surface area (Å²) in [6.07, 6.45) is 1.65. The summed E-state index contributed by atoms with van der Waals surface area (Å²) >= 11 is 0. The number of benzene rings is 1. The minimum Gasteiger partial charge on any atom is -0.328 e. The molecule has 0 saturated heterocycles. The maximum atomic E-state index is 11.8. The first kappa shape index (κ1) is 13.0. The molecule has 3 N–H and O–H groups in total. The molecule has 1 heterocycles. The molecule has 0 amide bonds. The van der Waals surface area contributed by atoms with E-state index >= 15 is 0 Å². The van der Waals surface area contributed by atoms with Gasteiger partial charge in [-0.3, -0.25) is 9.71 Å². The van der Waals surface area contributed by atoms with Crippen LogP contribution in [0.5, 0.6) is 0 Å². The first-order chi connectivity index (χ1) is 8.54. The Kier molecular flexibility index (Phi) is 3.68. The van der Waals surface area contributed by atoms with Gasteiger partial charge in [-0.1, -0.05) is 19.1 Å². The molecule has 1 aliphatic rings. The van der Waals surface area contributed by atoms with Crippen LogP contribution in [0.15, 0.2) is 34.2 Å². The van der Waals surface area contributed by atoms with Gasteiger partial charge in [0.05, 0.1) is 4.90 Å². The molecule has 1 aliphatic heterocycles. The van der Waals surface area contributed by atoms with E-state index in [2.05, 4.69) is 9.71 Å². The van der Waals surface area contributed by atoms with Gasteiger partial charge in [0.2, 0.25) is 0 Å². The Bertz CT molecular complexity index is 566. The SMILES string of the molecule is CCC(N)CCN=C1NS(=O)(=O)c2ccccc21. The van der Waals surface area contributed by atoms with Crippen molar-refractivity contribution in [2.24, 2.45) is 10.7 Å². The molecule has 1 unspecified atom stereocenters. The Hall–Kier alpha value is -1.40. The Labute approximate surface area is 107 Å². The van der Waals surface area contributed by atoms with E-state index < -0.39 is 10.0 Å². The van der Waals surface area contributed by atoms with Crippen LogP contribution in [-0.2, 0) is 10.0 Å². The van der Waals surface area contributed by atoms with E-state index in [1.807, 2.05) is 6.92 Å². The van der Waals surface area contributed by atoms with Gasteiger partial charge < -0.3 is 5.73 Å². The Morgan fingerprint density at radius 3 is 2.83 bits per heavy atom. The number of hydrogen-bond acceptors (Lipinski definition) is 4. The van der Waals surface area contributed by atoms with Crippen molar-refractivity contribution in [3.05, 3.63) is 29.8 Å². The molecule has 1 atom stereocenters. The van der Waals surface area contributed by atoms with E-state index in [1.165, 1.54) is 0 Å². The molecule has 0 fully saturated rings. The van der Waals surface area contributed by atoms with Crippen molar-refractivity contribution in [3.63, 3.8) is 0 Å². The number of nitrogens with two attached hydrogens (primary N) is 1. The maximum absolute atomic E-state index is 11.8. The zero-order valence-electron chi connectivity index (χ0n) is 10.3. The molecule has 5 nitrogen and oxygen atoms in total. The standard InChI is InChI=1S/C12H17N3O2S/c1-2-9(13)7-8-14-12-10-5-3-4-6-11(10)18(16,17)15-12/h3-6,9H,2,7-8,13H2,1H3,(H,14,15). The summed E-state index contributed by atoms with van der Waals surface area (Å²) in [6.45, 7) is 2.55. The molecule has 0 spiro atoms. The van der Waals surface area contributed by atoms with Gasteiger partial charge >= 0.3 is 0 Å². The fourth-order valence-electron chi connectivity index (χ4n) is 1.80. The van der Waals surface area contributed by atoms with E-state index in [9.17, 15) is 8.42 Å². The van der Waals surface area contributed by atoms with Gasteiger partial charge in [-0.2, -0.15) is 0 Å². The smallest absolute Gasteiger partial charge is 0.263 e. The lowest BCUT2D eigenvalue weighted by molar-refractivity contribution is 0.594. The average molecular weight is 267 g/mol. The van der Waals surface area contributed by atoms with Crippen LogP contribution >= 0.6 is 0 Å². The molecule has 0 bridgehead atoms. The minimum absolute atomic E-state index is 0.114. The van der Waals surface area contributed by atoms with Gasteiger partial charge in [0, 0.05) is 18.2 Å². The topological polar surface area (TPSA) is 84.5 Å². The fraction of sp³-hybridized carbons (Fsp3) is 0.417. The molecule has 6 heteroatoms. The van der Waals surface area contributed by atoms with Gasteiger partial charge in [0.15, 0.2) is 0 Å². The third-order valence-corrected chi connectivity index (χ3v) is 4.35. The Morgan fingerprint density at radius 2 is 2.11 bits per heavy atom. The lowest BCUT2D eigenvalue weighted by Crippen LogP contribution is -2.24. The van der Waals surface area contributed by atoms with Gasteiger partial charge in [0.1, 0.15) is 5.84 Å². The van der Waals surface area contributed by atoms with Crippen LogP contribution in [0, 0.1) is 0 Å². The first-order valence-electron chi connectivity index (χ1n) is 5.97. The molecule has 0 aliphatic carbocycles. The molecule has 1 aromatic rings. The number of rotatable bonds is 4. The van der Waals surface area contributed by atoms with E-state index in [-0.39, 0.29) is 6.04 Å². The quantitative estimate of drug-likeness (QED) is 0.848. The van der Waals surface area contributed by atoms with Crippen molar-refractivity contribution in [1.82, 2.24) is 4.72 Å². The highest BCUT2D eigenvalue weighted by atomic mass is 32.2. The second-order valence-corrected chi connectivity index (χ2v) is 5.94. The highest BCUT2D eigenvalue weighted by molar-refractivity contribution is 7.90. The van der Waals surface area contributed by atoms with Crippen LogP contribution in [-0.4, -0.2) is 26.8 Å². The van der Waals surface area contributed by atoms with Crippen LogP contribution in [0.4, 0.5) is 0 Å². The molecule has 18 heavy (non-hydrogen) atoms. The summed E-state index contributed by atoms with van der Waals surface area (Å²) in [4.78, 5) is 4.59. The van der Waals surface area contributed by atoms with Crippen molar-refractivity contribution in [2.75, 3.05) is 6.54 Å². The molecule has 2 rings (SSSR count). The highest BCUT2D eigenvalue weighted by Gasteiger charge is 2.29. The summed E-state index contributed by atoms with van der Waals surface area (Å²) in [7, 11) is -3.42. The van der Waals surface area contributed by atoms with Gasteiger partial charge in [-0.25, -0.2) is 8.42 Å². The molecule has 0 radical (unpaired) electrons. The van der Waals surface area contributed by atoms with Gasteiger partial charge in [-0.15, -0.1) is 0 Å². The van der Waals surface area contributed by atoms with Gasteiger partial charge in [0.25, 0.3) is 10.0 Å². The molecule has 98 valence electrons. The normalized spacial score (nSPS) is 20.4. The van der Waals surface area contributed by atoms with Crippen molar-refractivity contribution < 1.29 is 8.42 Å². The monoisotopic (exact) mass is 267 g/mol. The largest absolute Gasteiger partial charge is 0.328 e. The van der Waals surface area contributed by atoms with Gasteiger partial charge in [-0.05, 0) is 25.0 Å². The third kappa shape index (κ3) is 2.54. The van der Waals surface area contributed by atoms with Crippen LogP contribution in [0.2, 0.25) is 0 Å². The highest BCUT2D eigenvalue weighted by Crippen LogP contribution is 2.22. The first-order valence-corrected chi connectivity index (χ1v) is 7.45. The van der Waals surface area contributed by atoms with E-state index in [4.69, 9.17) is 5.73 Å². The van der Waals surface area contributed by atoms with E-state index in [1.54, 1.807) is 24.3 Å². The second kappa shape index (κ2) is 5.07. The zero-order chi connectivity index (χ0) is 13.2. The lowest BCUT2D eigenvalue weighted by Gasteiger charge is -2.05. The average Bonchev–Trinajstić information content (AvgIpc) is 2.62. The molecule has 0 saturated carbocycles. The van der Waals surface area contributed by atoms with Crippen LogP contribution in [0.3, 0.4) is 0 Å². The second-order valence-electron chi connectivity index (χ2n) is 4.29. The number of sulfonamides is 1. The van der Waals surface area contributed by atoms with Crippen LogP contribution in [0.25, 0.3) is 0 Å². The summed E-state index contributed by atoms with van der Waals surface area (Å²) in [6, 6.07) is 6.95. The Balaban J connectivity index is 2.20. The number of hydrogen-bond donors (Lipinski definition) is 2. The minimum atomic E-state index is -3.42. The summed E-state index contributed by atoms with van der Waals surface area (Å²) < 4.78 is 26.1. The van der Waals surface area contributed by atoms with Crippen LogP contribution in [0.1, 0.15) is 25.3 Å². The zero-order valence-corrected chi connectivity index (χ0v) is 11.1. The lowest BCUT2D eigenvalue weighted by atomic mass is 10.1. The molecular weight excluding hydrogens is 250 g/mol. The summed E-state index contributed by atoms with van der Waals surface area (Å²) in [5.41, 5.74) is 6.44. The predicted molar refractivity (Wildman–Crippen MR) is 71.1 cm³/mol. The number of fused-ring (bicyclic) bond motifs is 1. The number of nitrogens with zero attached hydrogens (tertiary/aromatic N) is 1. The molecule has 1 aromatic carbocycles. The van der Waals surface area contributed by atoms with E-state index in [0.717, 1.165) is 12.8 Å². The van der Waals surface area contributed by atoms with Crippen molar-refractivity contribution in [3.8, 4) is 0 Å². The third-order valence-electron chi connectivity index (χ3n) is 2.96. The summed E-state index contributed by atoms with van der Waals surface area (Å²) in [5, 5.41) is 0. The number of nitrogens with one attached hydrogen (secondary N) is 1. The van der Waals surface area contributed by atoms with Crippen molar-refractivity contribution >= 4 is 15.9 Å². The van der Waals surface area contributed by atoms with Crippen LogP contribution < -0.4 is 10.5 Å². The maximum Gasteiger partial charge on any atom is 0.263 e. The van der Waals surface area contributed by atoms with Crippen molar-refractivity contribution in [2.45, 2.75) is 30.7 Å². The molecule has 0 aromatic heterocycles.